The van der Waals surface area contributed by atoms with E-state index in [4.69, 9.17) is 10.5 Å². The van der Waals surface area contributed by atoms with Crippen molar-refractivity contribution in [1.82, 2.24) is 0 Å². The number of ether oxygens (including phenoxy) is 1. The average molecular weight is 385 g/mol. The molecule has 0 aromatic heterocycles. The van der Waals surface area contributed by atoms with Crippen molar-refractivity contribution in [1.29, 1.82) is 0 Å². The number of halogens is 2. The number of rotatable bonds is 4. The fourth-order valence-corrected chi connectivity index (χ4v) is 3.17. The molecule has 0 aliphatic heterocycles. The fourth-order valence-electron chi connectivity index (χ4n) is 1.87. The zero-order valence-electron chi connectivity index (χ0n) is 10.6. The van der Waals surface area contributed by atoms with Crippen molar-refractivity contribution >= 4 is 31.9 Å². The minimum atomic E-state index is -0.154. The van der Waals surface area contributed by atoms with Gasteiger partial charge < -0.3 is 10.5 Å². The van der Waals surface area contributed by atoms with Gasteiger partial charge in [0.05, 0.1) is 12.6 Å². The van der Waals surface area contributed by atoms with Gasteiger partial charge in [0.2, 0.25) is 0 Å². The van der Waals surface area contributed by atoms with Crippen molar-refractivity contribution in [2.75, 3.05) is 6.61 Å². The van der Waals surface area contributed by atoms with Crippen LogP contribution in [0.25, 0.3) is 0 Å². The Labute approximate surface area is 130 Å². The quantitative estimate of drug-likeness (QED) is 0.831. The lowest BCUT2D eigenvalue weighted by Gasteiger charge is -2.15. The van der Waals surface area contributed by atoms with Crippen LogP contribution >= 0.6 is 31.9 Å². The summed E-state index contributed by atoms with van der Waals surface area (Å²) in [6.45, 7) is 2.64. The average Bonchev–Trinajstić information content (AvgIpc) is 2.39. The third-order valence-electron chi connectivity index (χ3n) is 2.85. The predicted octanol–water partition coefficient (Wildman–Crippen LogP) is 4.66. The normalized spacial score (nSPS) is 12.2. The minimum Gasteiger partial charge on any atom is -0.494 e. The topological polar surface area (TPSA) is 35.2 Å². The molecule has 2 N–H and O–H groups in total. The van der Waals surface area contributed by atoms with Gasteiger partial charge in [0, 0.05) is 8.95 Å². The van der Waals surface area contributed by atoms with E-state index in [-0.39, 0.29) is 6.04 Å². The van der Waals surface area contributed by atoms with Gasteiger partial charge in [0.25, 0.3) is 0 Å². The van der Waals surface area contributed by atoms with Crippen LogP contribution in [0.4, 0.5) is 0 Å². The van der Waals surface area contributed by atoms with Crippen molar-refractivity contribution in [3.63, 3.8) is 0 Å². The summed E-state index contributed by atoms with van der Waals surface area (Å²) in [5, 5.41) is 0. The molecule has 0 saturated heterocycles. The monoisotopic (exact) mass is 383 g/mol. The van der Waals surface area contributed by atoms with Gasteiger partial charge in [-0.1, -0.05) is 50.1 Å². The molecule has 2 rings (SSSR count). The Bertz CT molecular complexity index is 555. The van der Waals surface area contributed by atoms with Crippen LogP contribution in [0.3, 0.4) is 0 Å². The Morgan fingerprint density at radius 2 is 1.79 bits per heavy atom. The lowest BCUT2D eigenvalue weighted by molar-refractivity contribution is 0.340. The van der Waals surface area contributed by atoms with Crippen LogP contribution in [0.2, 0.25) is 0 Å². The molecule has 1 atom stereocenters. The summed E-state index contributed by atoms with van der Waals surface area (Å²) in [7, 11) is 0. The molecule has 0 amide bonds. The third kappa shape index (κ3) is 3.59. The maximum Gasteiger partial charge on any atom is 0.119 e. The summed E-state index contributed by atoms with van der Waals surface area (Å²) in [4.78, 5) is 0. The highest BCUT2D eigenvalue weighted by Gasteiger charge is 2.12. The molecule has 2 aromatic carbocycles. The second-order valence-corrected chi connectivity index (χ2v) is 5.92. The summed E-state index contributed by atoms with van der Waals surface area (Å²) in [6, 6.07) is 13.8. The van der Waals surface area contributed by atoms with Gasteiger partial charge in [-0.2, -0.15) is 0 Å². The maximum atomic E-state index is 6.31. The molecule has 1 unspecified atom stereocenters. The molecule has 0 spiro atoms. The SMILES string of the molecule is CCOc1ccc(C(N)c2ccc(Br)cc2Br)cc1. The van der Waals surface area contributed by atoms with E-state index in [1.54, 1.807) is 0 Å². The molecule has 4 heteroatoms. The van der Waals surface area contributed by atoms with Crippen LogP contribution in [0, 0.1) is 0 Å². The van der Waals surface area contributed by atoms with Gasteiger partial charge in [0.15, 0.2) is 0 Å². The minimum absolute atomic E-state index is 0.154. The lowest BCUT2D eigenvalue weighted by Crippen LogP contribution is -2.12. The first-order chi connectivity index (χ1) is 9.11. The lowest BCUT2D eigenvalue weighted by atomic mass is 10.00. The van der Waals surface area contributed by atoms with Gasteiger partial charge in [-0.15, -0.1) is 0 Å². The largest absolute Gasteiger partial charge is 0.494 e. The summed E-state index contributed by atoms with van der Waals surface area (Å²) < 4.78 is 7.46. The molecule has 19 heavy (non-hydrogen) atoms. The van der Waals surface area contributed by atoms with Crippen LogP contribution in [0.5, 0.6) is 5.75 Å². The van der Waals surface area contributed by atoms with Gasteiger partial charge in [-0.3, -0.25) is 0 Å². The van der Waals surface area contributed by atoms with E-state index in [9.17, 15) is 0 Å². The molecular formula is C15H15Br2NO. The zero-order chi connectivity index (χ0) is 13.8. The molecule has 2 aromatic rings. The van der Waals surface area contributed by atoms with Crippen LogP contribution in [0.15, 0.2) is 51.4 Å². The van der Waals surface area contributed by atoms with E-state index in [0.29, 0.717) is 6.61 Å². The van der Waals surface area contributed by atoms with Crippen LogP contribution in [0.1, 0.15) is 24.1 Å². The maximum absolute atomic E-state index is 6.31. The van der Waals surface area contributed by atoms with Crippen molar-refractivity contribution in [3.05, 3.63) is 62.5 Å². The van der Waals surface area contributed by atoms with Gasteiger partial charge >= 0.3 is 0 Å². The van der Waals surface area contributed by atoms with Crippen LogP contribution in [-0.2, 0) is 0 Å². The number of benzene rings is 2. The number of hydrogen-bond donors (Lipinski definition) is 1. The molecule has 0 fully saturated rings. The first kappa shape index (κ1) is 14.6. The van der Waals surface area contributed by atoms with Crippen molar-refractivity contribution < 1.29 is 4.74 Å². The Hall–Kier alpha value is -0.840. The van der Waals surface area contributed by atoms with Crippen molar-refractivity contribution in [2.24, 2.45) is 5.73 Å². The molecule has 0 saturated carbocycles. The van der Waals surface area contributed by atoms with E-state index in [1.165, 1.54) is 0 Å². The molecule has 0 radical (unpaired) electrons. The number of nitrogens with two attached hydrogens (primary N) is 1. The zero-order valence-corrected chi connectivity index (χ0v) is 13.7. The van der Waals surface area contributed by atoms with E-state index < -0.39 is 0 Å². The van der Waals surface area contributed by atoms with Gasteiger partial charge in [-0.05, 0) is 42.3 Å². The second kappa shape index (κ2) is 6.55. The molecule has 100 valence electrons. The van der Waals surface area contributed by atoms with Crippen LogP contribution < -0.4 is 10.5 Å². The highest BCUT2D eigenvalue weighted by atomic mass is 79.9. The van der Waals surface area contributed by atoms with Gasteiger partial charge in [-0.25, -0.2) is 0 Å². The number of hydrogen-bond acceptors (Lipinski definition) is 2. The standard InChI is InChI=1S/C15H15Br2NO/c1-2-19-12-6-3-10(4-7-12)15(18)13-8-5-11(16)9-14(13)17/h3-9,15H,2,18H2,1H3. The fraction of sp³-hybridized carbons (Fsp3) is 0.200. The van der Waals surface area contributed by atoms with Crippen LogP contribution in [-0.4, -0.2) is 6.61 Å². The molecule has 0 heterocycles. The summed E-state index contributed by atoms with van der Waals surface area (Å²) in [5.74, 6) is 0.869. The Morgan fingerprint density at radius 3 is 2.37 bits per heavy atom. The molecule has 0 bridgehead atoms. The molecule has 2 nitrogen and oxygen atoms in total. The summed E-state index contributed by atoms with van der Waals surface area (Å²) in [5.41, 5.74) is 8.43. The third-order valence-corrected chi connectivity index (χ3v) is 4.03. The smallest absolute Gasteiger partial charge is 0.119 e. The van der Waals surface area contributed by atoms with E-state index in [1.807, 2.05) is 49.4 Å². The second-order valence-electron chi connectivity index (χ2n) is 4.15. The highest BCUT2D eigenvalue weighted by Crippen LogP contribution is 2.30. The molecule has 0 aliphatic carbocycles. The Balaban J connectivity index is 2.25. The van der Waals surface area contributed by atoms with E-state index in [2.05, 4.69) is 31.9 Å². The summed E-state index contributed by atoms with van der Waals surface area (Å²) >= 11 is 6.99. The van der Waals surface area contributed by atoms with E-state index in [0.717, 1.165) is 25.8 Å². The predicted molar refractivity (Wildman–Crippen MR) is 85.5 cm³/mol. The Morgan fingerprint density at radius 1 is 1.11 bits per heavy atom. The first-order valence-corrected chi connectivity index (χ1v) is 7.63. The Kier molecular flexibility index (Phi) is 5.02. The first-order valence-electron chi connectivity index (χ1n) is 6.05. The highest BCUT2D eigenvalue weighted by molar-refractivity contribution is 9.11. The molecule has 0 aliphatic rings. The van der Waals surface area contributed by atoms with E-state index >= 15 is 0 Å². The van der Waals surface area contributed by atoms with Gasteiger partial charge in [0.1, 0.15) is 5.75 Å². The van der Waals surface area contributed by atoms with Crippen molar-refractivity contribution in [2.45, 2.75) is 13.0 Å². The molecular weight excluding hydrogens is 370 g/mol. The van der Waals surface area contributed by atoms with Crippen molar-refractivity contribution in [3.8, 4) is 5.75 Å². The summed E-state index contributed by atoms with van der Waals surface area (Å²) in [6.07, 6.45) is 0.